The first kappa shape index (κ1) is 30.6. The Morgan fingerprint density at radius 3 is 2.38 bits per heavy atom. The molecule has 12 atom stereocenters. The predicted octanol–water partition coefficient (Wildman–Crippen LogP) is 3.43. The molecule has 0 saturated heterocycles. The molecule has 5 aliphatic rings. The van der Waals surface area contributed by atoms with Crippen LogP contribution in [0, 0.1) is 45.3 Å². The number of aliphatic hydroxyl groups excluding tert-OH is 5. The third-order valence-electron chi connectivity index (χ3n) is 12.8. The fraction of sp³-hybridized carbons (Fsp3) is 0.844. The third kappa shape index (κ3) is 4.06. The Morgan fingerprint density at radius 2 is 1.73 bits per heavy atom. The number of hydrogen-bond acceptors (Lipinski definition) is 8. The molecule has 0 aromatic rings. The summed E-state index contributed by atoms with van der Waals surface area (Å²) < 4.78 is 5.26. The number of hydrogen-bond donors (Lipinski definition) is 6. The standard InChI is InChI=1S/C32H50O7S/c1-6-7-25(36)39-17-30(5)21-10-13-32(40)19-14-24(35)31(16-33)20(15-28(2,3)26(37)27(31)38)18(19)8-9-22(32)29(21,4)12-11-23(30)34/h6-8,19-24,26-27,33-35,37-38,40H,9-17H2,1-5H3/b7-6+/t19?,20?,21?,22?,23-,24+,26-,27-,29-,30+,31-,32?/m0/s1. The minimum Gasteiger partial charge on any atom is -0.462 e. The van der Waals surface area contributed by atoms with Gasteiger partial charge in [0, 0.05) is 16.2 Å². The SMILES string of the molecule is C/C=C/C(=O)OC[C@]1(C)C2CCC3(S)C4C[C@@H](O)[C@]5(CO)C(CC(C)(C)[C@@H](O)[C@@H]5O)C4=CCC3[C@@]2(C)CC[C@@H]1O. The van der Waals surface area contributed by atoms with Gasteiger partial charge in [-0.3, -0.25) is 0 Å². The molecule has 0 radical (unpaired) electrons. The summed E-state index contributed by atoms with van der Waals surface area (Å²) in [4.78, 5) is 12.2. The molecule has 0 heterocycles. The summed E-state index contributed by atoms with van der Waals surface area (Å²) in [6, 6.07) is 0. The molecular formula is C32H50O7S. The Hall–Kier alpha value is -0.900. The van der Waals surface area contributed by atoms with Gasteiger partial charge in [0.15, 0.2) is 0 Å². The maximum Gasteiger partial charge on any atom is 0.330 e. The van der Waals surface area contributed by atoms with Crippen LogP contribution in [-0.2, 0) is 9.53 Å². The van der Waals surface area contributed by atoms with Crippen molar-refractivity contribution in [2.45, 2.75) is 109 Å². The molecule has 0 amide bonds. The molecule has 0 spiro atoms. The summed E-state index contributed by atoms with van der Waals surface area (Å²) in [6.45, 7) is 9.84. The molecule has 4 saturated carbocycles. The van der Waals surface area contributed by atoms with Gasteiger partial charge in [0.1, 0.15) is 0 Å². The van der Waals surface area contributed by atoms with E-state index in [0.717, 1.165) is 25.7 Å². The zero-order valence-corrected chi connectivity index (χ0v) is 25.6. The van der Waals surface area contributed by atoms with Crippen molar-refractivity contribution in [3.8, 4) is 0 Å². The number of rotatable bonds is 4. The smallest absolute Gasteiger partial charge is 0.330 e. The van der Waals surface area contributed by atoms with Crippen LogP contribution in [-0.4, -0.2) is 73.9 Å². The van der Waals surface area contributed by atoms with Crippen molar-refractivity contribution in [2.75, 3.05) is 13.2 Å². The van der Waals surface area contributed by atoms with E-state index in [2.05, 4.69) is 19.9 Å². The highest BCUT2D eigenvalue weighted by atomic mass is 32.1. The molecule has 0 aliphatic heterocycles. The Bertz CT molecular complexity index is 1070. The van der Waals surface area contributed by atoms with Crippen molar-refractivity contribution in [1.82, 2.24) is 0 Å². The van der Waals surface area contributed by atoms with Crippen LogP contribution in [0.1, 0.15) is 79.6 Å². The molecule has 7 nitrogen and oxygen atoms in total. The van der Waals surface area contributed by atoms with Gasteiger partial charge in [0.25, 0.3) is 0 Å². The molecular weight excluding hydrogens is 528 g/mol. The van der Waals surface area contributed by atoms with E-state index in [9.17, 15) is 30.3 Å². The minimum atomic E-state index is -1.23. The van der Waals surface area contributed by atoms with Crippen LogP contribution in [0.25, 0.3) is 0 Å². The summed E-state index contributed by atoms with van der Waals surface area (Å²) in [5, 5.41) is 55.9. The number of fused-ring (bicyclic) bond motifs is 7. The average Bonchev–Trinajstić information content (AvgIpc) is 2.89. The van der Waals surface area contributed by atoms with E-state index in [1.807, 2.05) is 13.8 Å². The first-order chi connectivity index (χ1) is 18.6. The highest BCUT2D eigenvalue weighted by Crippen LogP contribution is 2.70. The Kier molecular flexibility index (Phi) is 7.71. The average molecular weight is 579 g/mol. The summed E-state index contributed by atoms with van der Waals surface area (Å²) >= 11 is 5.51. The molecule has 40 heavy (non-hydrogen) atoms. The van der Waals surface area contributed by atoms with E-state index in [-0.39, 0.29) is 48.3 Å². The van der Waals surface area contributed by atoms with Gasteiger partial charge in [-0.15, -0.1) is 0 Å². The Morgan fingerprint density at radius 1 is 1.02 bits per heavy atom. The first-order valence-electron chi connectivity index (χ1n) is 15.2. The first-order valence-corrected chi connectivity index (χ1v) is 15.6. The number of carbonyl (C=O) groups is 1. The second-order valence-electron chi connectivity index (χ2n) is 15.0. The molecule has 0 bridgehead atoms. The number of allylic oxidation sites excluding steroid dienone is 3. The van der Waals surface area contributed by atoms with E-state index in [1.165, 1.54) is 11.6 Å². The summed E-state index contributed by atoms with van der Waals surface area (Å²) in [5.74, 6) is -0.331. The lowest BCUT2D eigenvalue weighted by Crippen LogP contribution is -2.70. The van der Waals surface area contributed by atoms with Gasteiger partial charge < -0.3 is 30.3 Å². The van der Waals surface area contributed by atoms with E-state index >= 15 is 0 Å². The molecule has 5 unspecified atom stereocenters. The molecule has 5 aliphatic carbocycles. The van der Waals surface area contributed by atoms with Gasteiger partial charge in [0.2, 0.25) is 0 Å². The highest BCUT2D eigenvalue weighted by Gasteiger charge is 2.69. The molecule has 5 rings (SSSR count). The topological polar surface area (TPSA) is 127 Å². The third-order valence-corrected chi connectivity index (χ3v) is 13.6. The maximum atomic E-state index is 12.2. The summed E-state index contributed by atoms with van der Waals surface area (Å²) in [5.41, 5.74) is -1.32. The van der Waals surface area contributed by atoms with Gasteiger partial charge in [-0.1, -0.05) is 45.4 Å². The fourth-order valence-electron chi connectivity index (χ4n) is 10.4. The maximum absolute atomic E-state index is 12.2. The normalized spacial score (nSPS) is 51.6. The summed E-state index contributed by atoms with van der Waals surface area (Å²) in [6.07, 6.45) is 6.43. The lowest BCUT2D eigenvalue weighted by molar-refractivity contribution is -0.235. The van der Waals surface area contributed by atoms with Gasteiger partial charge in [0.05, 0.1) is 43.0 Å². The van der Waals surface area contributed by atoms with E-state index in [4.69, 9.17) is 17.4 Å². The largest absolute Gasteiger partial charge is 0.462 e. The molecule has 0 aromatic carbocycles. The minimum absolute atomic E-state index is 0.0177. The number of carbonyl (C=O) groups excluding carboxylic acids is 1. The lowest BCUT2D eigenvalue weighted by atomic mass is 9.39. The van der Waals surface area contributed by atoms with Crippen LogP contribution < -0.4 is 0 Å². The number of aliphatic hydroxyl groups is 5. The van der Waals surface area contributed by atoms with Gasteiger partial charge in [-0.25, -0.2) is 4.79 Å². The highest BCUT2D eigenvalue weighted by molar-refractivity contribution is 7.81. The van der Waals surface area contributed by atoms with Gasteiger partial charge in [-0.05, 0) is 86.4 Å². The van der Waals surface area contributed by atoms with Crippen LogP contribution >= 0.6 is 12.6 Å². The van der Waals surface area contributed by atoms with Crippen molar-refractivity contribution >= 4 is 18.6 Å². The fourth-order valence-corrected chi connectivity index (χ4v) is 11.2. The number of esters is 1. The molecule has 4 fully saturated rings. The monoisotopic (exact) mass is 578 g/mol. The predicted molar refractivity (Wildman–Crippen MR) is 155 cm³/mol. The van der Waals surface area contributed by atoms with E-state index in [0.29, 0.717) is 19.3 Å². The molecule has 5 N–H and O–H groups in total. The van der Waals surface area contributed by atoms with E-state index in [1.54, 1.807) is 13.0 Å². The molecule has 226 valence electrons. The molecule has 8 heteroatoms. The zero-order valence-electron chi connectivity index (χ0n) is 24.7. The second-order valence-corrected chi connectivity index (χ2v) is 15.8. The summed E-state index contributed by atoms with van der Waals surface area (Å²) in [7, 11) is 0. The van der Waals surface area contributed by atoms with Crippen molar-refractivity contribution in [1.29, 1.82) is 0 Å². The number of thiol groups is 1. The zero-order chi connectivity index (χ0) is 29.5. The van der Waals surface area contributed by atoms with Gasteiger partial charge in [-0.2, -0.15) is 12.6 Å². The van der Waals surface area contributed by atoms with Crippen molar-refractivity contribution in [3.63, 3.8) is 0 Å². The molecule has 0 aromatic heterocycles. The van der Waals surface area contributed by atoms with Crippen LogP contribution in [0.4, 0.5) is 0 Å². The van der Waals surface area contributed by atoms with Crippen LogP contribution in [0.15, 0.2) is 23.8 Å². The quantitative estimate of drug-likeness (QED) is 0.131. The van der Waals surface area contributed by atoms with Crippen LogP contribution in [0.5, 0.6) is 0 Å². The van der Waals surface area contributed by atoms with Crippen molar-refractivity contribution in [2.24, 2.45) is 45.3 Å². The van der Waals surface area contributed by atoms with Crippen molar-refractivity contribution < 1.29 is 35.1 Å². The van der Waals surface area contributed by atoms with Crippen LogP contribution in [0.3, 0.4) is 0 Å². The van der Waals surface area contributed by atoms with E-state index < -0.39 is 45.4 Å². The van der Waals surface area contributed by atoms with Gasteiger partial charge >= 0.3 is 5.97 Å². The second kappa shape index (κ2) is 10.1. The Balaban J connectivity index is 1.51. The lowest BCUT2D eigenvalue weighted by Gasteiger charge is -2.68. The Labute approximate surface area is 244 Å². The number of ether oxygens (including phenoxy) is 1. The van der Waals surface area contributed by atoms with Crippen molar-refractivity contribution in [3.05, 3.63) is 23.8 Å². The van der Waals surface area contributed by atoms with Crippen LogP contribution in [0.2, 0.25) is 0 Å².